The van der Waals surface area contributed by atoms with E-state index in [1.165, 1.54) is 0 Å². The van der Waals surface area contributed by atoms with Crippen LogP contribution in [-0.2, 0) is 20.2 Å². The third-order valence-corrected chi connectivity index (χ3v) is 6.61. The lowest BCUT2D eigenvalue weighted by Crippen LogP contribution is -2.44. The first-order valence-corrected chi connectivity index (χ1v) is 10.0. The van der Waals surface area contributed by atoms with Crippen LogP contribution in [0.5, 0.6) is 5.75 Å². The maximum absolute atomic E-state index is 12.8. The number of para-hydroxylation sites is 1. The molecule has 26 heavy (non-hydrogen) atoms. The Morgan fingerprint density at radius 1 is 1.23 bits per heavy atom. The third kappa shape index (κ3) is 3.49. The van der Waals surface area contributed by atoms with Crippen LogP contribution in [0.4, 0.5) is 0 Å². The second-order valence-electron chi connectivity index (χ2n) is 6.57. The van der Waals surface area contributed by atoms with E-state index in [0.717, 1.165) is 11.3 Å². The zero-order chi connectivity index (χ0) is 18.8. The van der Waals surface area contributed by atoms with Crippen molar-refractivity contribution in [3.8, 4) is 5.75 Å². The molecule has 0 amide bonds. The molecule has 0 bridgehead atoms. The van der Waals surface area contributed by atoms with Crippen LogP contribution in [0.3, 0.4) is 0 Å². The van der Waals surface area contributed by atoms with Gasteiger partial charge in [0.25, 0.3) is 0 Å². The van der Waals surface area contributed by atoms with E-state index in [-0.39, 0.29) is 17.2 Å². The number of hydrogen-bond donors (Lipinski definition) is 1. The molecule has 0 saturated carbocycles. The first kappa shape index (κ1) is 18.9. The molecule has 1 fully saturated rings. The van der Waals surface area contributed by atoms with Gasteiger partial charge < -0.3 is 14.0 Å². The van der Waals surface area contributed by atoms with Crippen LogP contribution in [0.2, 0.25) is 0 Å². The number of benzene rings is 1. The summed E-state index contributed by atoms with van der Waals surface area (Å²) in [5.74, 6) is 1.04. The van der Waals surface area contributed by atoms with E-state index in [1.807, 2.05) is 24.3 Å². The fraction of sp³-hybridized carbons (Fsp3) is 0.500. The van der Waals surface area contributed by atoms with Gasteiger partial charge in [-0.15, -0.1) is 0 Å². The molecule has 1 aliphatic heterocycles. The van der Waals surface area contributed by atoms with Gasteiger partial charge in [0.1, 0.15) is 16.3 Å². The topological polar surface area (TPSA) is 90.7 Å². The SMILES string of the molecule is COc1ccccc1C1(CNS(=O)(=O)c2c(C)noc2C)CCOCC1. The molecule has 1 aromatic heterocycles. The maximum Gasteiger partial charge on any atom is 0.245 e. The lowest BCUT2D eigenvalue weighted by atomic mass is 9.74. The minimum Gasteiger partial charge on any atom is -0.496 e. The Labute approximate surface area is 153 Å². The van der Waals surface area contributed by atoms with E-state index in [1.54, 1.807) is 21.0 Å². The Morgan fingerprint density at radius 3 is 2.54 bits per heavy atom. The summed E-state index contributed by atoms with van der Waals surface area (Å²) in [6.45, 7) is 4.62. The molecule has 1 aliphatic rings. The highest BCUT2D eigenvalue weighted by molar-refractivity contribution is 7.89. The molecule has 0 aliphatic carbocycles. The molecule has 2 heterocycles. The predicted octanol–water partition coefficient (Wildman–Crippen LogP) is 2.33. The van der Waals surface area contributed by atoms with Crippen molar-refractivity contribution in [2.75, 3.05) is 26.9 Å². The molecule has 1 aromatic carbocycles. The van der Waals surface area contributed by atoms with Crippen molar-refractivity contribution in [2.45, 2.75) is 37.0 Å². The van der Waals surface area contributed by atoms with Crippen LogP contribution >= 0.6 is 0 Å². The standard InChI is InChI=1S/C18H24N2O5S/c1-13-17(14(2)25-20-13)26(21,22)19-12-18(8-10-24-11-9-18)15-6-4-5-7-16(15)23-3/h4-7,19H,8-12H2,1-3H3. The van der Waals surface area contributed by atoms with Crippen molar-refractivity contribution >= 4 is 10.0 Å². The molecule has 0 atom stereocenters. The summed E-state index contributed by atoms with van der Waals surface area (Å²) in [6, 6.07) is 7.74. The Balaban J connectivity index is 1.93. The van der Waals surface area contributed by atoms with Gasteiger partial charge in [0.05, 0.1) is 7.11 Å². The fourth-order valence-corrected chi connectivity index (χ4v) is 5.00. The van der Waals surface area contributed by atoms with Gasteiger partial charge in [0, 0.05) is 30.7 Å². The fourth-order valence-electron chi connectivity index (χ4n) is 3.55. The summed E-state index contributed by atoms with van der Waals surface area (Å²) < 4.78 is 44.5. The number of ether oxygens (including phenoxy) is 2. The molecule has 7 nitrogen and oxygen atoms in total. The number of rotatable bonds is 6. The second kappa shape index (κ2) is 7.38. The molecule has 8 heteroatoms. The molecule has 0 spiro atoms. The summed E-state index contributed by atoms with van der Waals surface area (Å²) in [5, 5.41) is 3.75. The van der Waals surface area contributed by atoms with Crippen LogP contribution in [0.1, 0.15) is 29.9 Å². The quantitative estimate of drug-likeness (QED) is 0.827. The maximum atomic E-state index is 12.8. The number of nitrogens with one attached hydrogen (secondary N) is 1. The van der Waals surface area contributed by atoms with Gasteiger partial charge >= 0.3 is 0 Å². The van der Waals surface area contributed by atoms with E-state index < -0.39 is 15.4 Å². The summed E-state index contributed by atoms with van der Waals surface area (Å²) in [4.78, 5) is 0.111. The van der Waals surface area contributed by atoms with Crippen molar-refractivity contribution in [1.82, 2.24) is 9.88 Å². The van der Waals surface area contributed by atoms with E-state index in [4.69, 9.17) is 14.0 Å². The van der Waals surface area contributed by atoms with Gasteiger partial charge in [0.2, 0.25) is 10.0 Å². The van der Waals surface area contributed by atoms with E-state index in [9.17, 15) is 8.42 Å². The minimum atomic E-state index is -3.73. The Bertz CT molecular complexity index is 850. The van der Waals surface area contributed by atoms with Gasteiger partial charge in [0.15, 0.2) is 5.76 Å². The summed E-state index contributed by atoms with van der Waals surface area (Å²) in [6.07, 6.45) is 1.41. The largest absolute Gasteiger partial charge is 0.496 e. The lowest BCUT2D eigenvalue weighted by Gasteiger charge is -2.38. The molecule has 0 radical (unpaired) electrons. The zero-order valence-electron chi connectivity index (χ0n) is 15.2. The van der Waals surface area contributed by atoms with Crippen LogP contribution in [0.15, 0.2) is 33.7 Å². The van der Waals surface area contributed by atoms with E-state index >= 15 is 0 Å². The van der Waals surface area contributed by atoms with E-state index in [2.05, 4.69) is 9.88 Å². The Hall–Kier alpha value is -1.90. The van der Waals surface area contributed by atoms with Gasteiger partial charge in [-0.1, -0.05) is 23.4 Å². The van der Waals surface area contributed by atoms with Crippen LogP contribution in [0.25, 0.3) is 0 Å². The van der Waals surface area contributed by atoms with E-state index in [0.29, 0.717) is 31.7 Å². The molecule has 1 saturated heterocycles. The van der Waals surface area contributed by atoms with Gasteiger partial charge in [-0.25, -0.2) is 13.1 Å². The first-order chi connectivity index (χ1) is 12.4. The second-order valence-corrected chi connectivity index (χ2v) is 8.27. The average molecular weight is 380 g/mol. The third-order valence-electron chi connectivity index (χ3n) is 4.97. The number of nitrogens with zero attached hydrogens (tertiary/aromatic N) is 1. The normalized spacial score (nSPS) is 17.2. The van der Waals surface area contributed by atoms with Crippen LogP contribution in [0, 0.1) is 13.8 Å². The zero-order valence-corrected chi connectivity index (χ0v) is 16.1. The summed E-state index contributed by atoms with van der Waals surface area (Å²) >= 11 is 0. The molecular weight excluding hydrogens is 356 g/mol. The molecule has 2 aromatic rings. The van der Waals surface area contributed by atoms with Crippen molar-refractivity contribution < 1.29 is 22.4 Å². The minimum absolute atomic E-state index is 0.111. The average Bonchev–Trinajstić information content (AvgIpc) is 3.00. The summed E-state index contributed by atoms with van der Waals surface area (Å²) in [7, 11) is -2.11. The van der Waals surface area contributed by atoms with Crippen molar-refractivity contribution in [2.24, 2.45) is 0 Å². The molecule has 1 N–H and O–H groups in total. The van der Waals surface area contributed by atoms with Crippen molar-refractivity contribution in [1.29, 1.82) is 0 Å². The highest BCUT2D eigenvalue weighted by Crippen LogP contribution is 2.39. The number of methoxy groups -OCH3 is 1. The summed E-state index contributed by atoms with van der Waals surface area (Å²) in [5.41, 5.74) is 0.956. The van der Waals surface area contributed by atoms with Crippen molar-refractivity contribution in [3.05, 3.63) is 41.3 Å². The van der Waals surface area contributed by atoms with Crippen LogP contribution in [-0.4, -0.2) is 40.4 Å². The predicted molar refractivity (Wildman–Crippen MR) is 95.9 cm³/mol. The van der Waals surface area contributed by atoms with Gasteiger partial charge in [-0.2, -0.15) is 0 Å². The highest BCUT2D eigenvalue weighted by Gasteiger charge is 2.38. The number of aromatic nitrogens is 1. The first-order valence-electron chi connectivity index (χ1n) is 8.53. The molecule has 3 rings (SSSR count). The van der Waals surface area contributed by atoms with Gasteiger partial charge in [-0.3, -0.25) is 0 Å². The van der Waals surface area contributed by atoms with Crippen molar-refractivity contribution in [3.63, 3.8) is 0 Å². The Morgan fingerprint density at radius 2 is 1.92 bits per heavy atom. The van der Waals surface area contributed by atoms with Crippen LogP contribution < -0.4 is 9.46 Å². The molecular formula is C18H24N2O5S. The lowest BCUT2D eigenvalue weighted by molar-refractivity contribution is 0.0509. The smallest absolute Gasteiger partial charge is 0.245 e. The number of aryl methyl sites for hydroxylation is 2. The number of sulfonamides is 1. The molecule has 0 unspecified atom stereocenters. The molecule has 142 valence electrons. The van der Waals surface area contributed by atoms with Gasteiger partial charge in [-0.05, 0) is 32.8 Å². The number of hydrogen-bond acceptors (Lipinski definition) is 6. The highest BCUT2D eigenvalue weighted by atomic mass is 32.2. The monoisotopic (exact) mass is 380 g/mol. The Kier molecular flexibility index (Phi) is 5.36.